The molecule has 0 bridgehead atoms. The van der Waals surface area contributed by atoms with Crippen LogP contribution in [0.25, 0.3) is 0 Å². The number of rotatable bonds is 2. The van der Waals surface area contributed by atoms with E-state index >= 15 is 0 Å². The van der Waals surface area contributed by atoms with Gasteiger partial charge in [-0.1, -0.05) is 12.5 Å². The van der Waals surface area contributed by atoms with Crippen LogP contribution in [0.15, 0.2) is 11.1 Å². The first-order chi connectivity index (χ1) is 6.49. The molecule has 0 aromatic rings. The van der Waals surface area contributed by atoms with Crippen molar-refractivity contribution < 1.29 is 10.2 Å². The normalized spacial score (nSPS) is 33.2. The largest absolute Gasteiger partial charge is 0.396 e. The fourth-order valence-electron chi connectivity index (χ4n) is 2.58. The van der Waals surface area contributed by atoms with Gasteiger partial charge in [0.2, 0.25) is 0 Å². The van der Waals surface area contributed by atoms with Gasteiger partial charge in [0, 0.05) is 13.0 Å². The zero-order valence-electron chi connectivity index (χ0n) is 9.51. The first kappa shape index (κ1) is 11.7. The summed E-state index contributed by atoms with van der Waals surface area (Å²) in [5, 5.41) is 19.4. The first-order valence-corrected chi connectivity index (χ1v) is 5.49. The molecular formula is C12H22O2. The van der Waals surface area contributed by atoms with Gasteiger partial charge >= 0.3 is 0 Å². The van der Waals surface area contributed by atoms with Gasteiger partial charge in [-0.3, -0.25) is 0 Å². The second-order valence-electron chi connectivity index (χ2n) is 4.83. The van der Waals surface area contributed by atoms with Gasteiger partial charge in [-0.2, -0.15) is 0 Å². The molecule has 14 heavy (non-hydrogen) atoms. The maximum Gasteiger partial charge on any atom is 0.0883 e. The number of hydrogen-bond acceptors (Lipinski definition) is 2. The van der Waals surface area contributed by atoms with E-state index in [1.54, 1.807) is 0 Å². The van der Waals surface area contributed by atoms with Crippen molar-refractivity contribution in [1.29, 1.82) is 0 Å². The first-order valence-electron chi connectivity index (χ1n) is 5.49. The monoisotopic (exact) mass is 198 g/mol. The molecule has 1 fully saturated rings. The summed E-state index contributed by atoms with van der Waals surface area (Å²) >= 11 is 0. The minimum atomic E-state index is -0.731. The number of aliphatic hydroxyl groups is 2. The molecule has 82 valence electrons. The Bertz CT molecular complexity index is 228. The van der Waals surface area contributed by atoms with Crippen LogP contribution in [0.2, 0.25) is 0 Å². The summed E-state index contributed by atoms with van der Waals surface area (Å²) < 4.78 is 0. The fraction of sp³-hybridized carbons (Fsp3) is 0.833. The maximum atomic E-state index is 10.5. The second-order valence-corrected chi connectivity index (χ2v) is 4.83. The van der Waals surface area contributed by atoms with E-state index < -0.39 is 5.60 Å². The van der Waals surface area contributed by atoms with Crippen LogP contribution in [-0.2, 0) is 0 Å². The van der Waals surface area contributed by atoms with Gasteiger partial charge in [0.1, 0.15) is 0 Å². The lowest BCUT2D eigenvalue weighted by atomic mass is 9.72. The Morgan fingerprint density at radius 2 is 2.14 bits per heavy atom. The van der Waals surface area contributed by atoms with Crippen LogP contribution >= 0.6 is 0 Å². The molecule has 0 radical (unpaired) electrons. The van der Waals surface area contributed by atoms with Crippen molar-refractivity contribution in [3.63, 3.8) is 0 Å². The molecule has 2 heteroatoms. The number of allylic oxidation sites excluding steroid dienone is 1. The Balaban J connectivity index is 2.89. The third-order valence-electron chi connectivity index (χ3n) is 3.26. The molecule has 0 amide bonds. The third-order valence-corrected chi connectivity index (χ3v) is 3.26. The van der Waals surface area contributed by atoms with E-state index in [0.29, 0.717) is 12.3 Å². The van der Waals surface area contributed by atoms with E-state index in [9.17, 15) is 5.11 Å². The molecule has 0 unspecified atom stereocenters. The molecule has 0 aromatic heterocycles. The highest BCUT2D eigenvalue weighted by atomic mass is 16.3. The van der Waals surface area contributed by atoms with Crippen molar-refractivity contribution in [3.05, 3.63) is 11.1 Å². The van der Waals surface area contributed by atoms with Crippen LogP contribution in [0.4, 0.5) is 0 Å². The van der Waals surface area contributed by atoms with E-state index in [0.717, 1.165) is 24.8 Å². The van der Waals surface area contributed by atoms with E-state index in [1.165, 1.54) is 5.57 Å². The van der Waals surface area contributed by atoms with Crippen molar-refractivity contribution in [2.24, 2.45) is 5.92 Å². The zero-order valence-corrected chi connectivity index (χ0v) is 9.51. The van der Waals surface area contributed by atoms with E-state index in [4.69, 9.17) is 5.11 Å². The van der Waals surface area contributed by atoms with Crippen molar-refractivity contribution in [2.45, 2.75) is 52.1 Å². The van der Waals surface area contributed by atoms with Gasteiger partial charge < -0.3 is 10.2 Å². The Morgan fingerprint density at radius 3 is 2.64 bits per heavy atom. The summed E-state index contributed by atoms with van der Waals surface area (Å²) in [6.45, 7) is 6.34. The second kappa shape index (κ2) is 4.45. The van der Waals surface area contributed by atoms with Crippen LogP contribution < -0.4 is 0 Å². The van der Waals surface area contributed by atoms with Crippen molar-refractivity contribution in [2.75, 3.05) is 6.61 Å². The molecule has 1 aliphatic rings. The van der Waals surface area contributed by atoms with E-state index in [-0.39, 0.29) is 6.61 Å². The highest BCUT2D eigenvalue weighted by Gasteiger charge is 2.36. The summed E-state index contributed by atoms with van der Waals surface area (Å²) in [6, 6.07) is 0. The lowest BCUT2D eigenvalue weighted by molar-refractivity contribution is 0.0112. The zero-order chi connectivity index (χ0) is 10.8. The smallest absolute Gasteiger partial charge is 0.0883 e. The summed E-state index contributed by atoms with van der Waals surface area (Å²) in [4.78, 5) is 0. The highest BCUT2D eigenvalue weighted by molar-refractivity contribution is 5.24. The number of hydrogen-bond donors (Lipinski definition) is 2. The molecule has 0 heterocycles. The number of aliphatic hydroxyl groups excluding tert-OH is 1. The van der Waals surface area contributed by atoms with Gasteiger partial charge in [0.05, 0.1) is 5.60 Å². The maximum absolute atomic E-state index is 10.5. The molecule has 2 nitrogen and oxygen atoms in total. The van der Waals surface area contributed by atoms with Gasteiger partial charge in [-0.05, 0) is 44.6 Å². The minimum Gasteiger partial charge on any atom is -0.396 e. The Hall–Kier alpha value is -0.340. The molecule has 1 rings (SSSR count). The summed E-state index contributed by atoms with van der Waals surface area (Å²) in [5.74, 6) is 0.564. The molecule has 1 saturated carbocycles. The Labute approximate surface area is 86.6 Å². The molecule has 2 atom stereocenters. The van der Waals surface area contributed by atoms with Crippen molar-refractivity contribution in [3.8, 4) is 0 Å². The van der Waals surface area contributed by atoms with E-state index in [1.807, 2.05) is 13.8 Å². The topological polar surface area (TPSA) is 40.5 Å². The molecule has 0 aliphatic heterocycles. The van der Waals surface area contributed by atoms with Gasteiger partial charge in [0.15, 0.2) is 0 Å². The molecule has 0 saturated heterocycles. The van der Waals surface area contributed by atoms with Crippen LogP contribution in [0, 0.1) is 5.92 Å². The molecule has 0 spiro atoms. The Morgan fingerprint density at radius 1 is 1.50 bits per heavy atom. The summed E-state index contributed by atoms with van der Waals surface area (Å²) in [5.41, 5.74) is 1.64. The average Bonchev–Trinajstić information content (AvgIpc) is 2.02. The van der Waals surface area contributed by atoms with Crippen LogP contribution in [0.5, 0.6) is 0 Å². The van der Waals surface area contributed by atoms with Gasteiger partial charge in [-0.25, -0.2) is 0 Å². The molecular weight excluding hydrogens is 176 g/mol. The lowest BCUT2D eigenvalue weighted by Crippen LogP contribution is -2.38. The molecule has 2 N–H and O–H groups in total. The SMILES string of the molecule is CC(C)=C1CC[C@@H](C)C[C@]1(O)CCO. The van der Waals surface area contributed by atoms with E-state index in [2.05, 4.69) is 6.92 Å². The average molecular weight is 198 g/mol. The standard InChI is InChI=1S/C12H22O2/c1-9(2)11-5-4-10(3)8-12(11,14)6-7-13/h10,13-14H,4-8H2,1-3H3/t10-,12-/m1/s1. The third kappa shape index (κ3) is 2.37. The summed E-state index contributed by atoms with van der Waals surface area (Å²) in [7, 11) is 0. The van der Waals surface area contributed by atoms with Gasteiger partial charge in [0.25, 0.3) is 0 Å². The lowest BCUT2D eigenvalue weighted by Gasteiger charge is -2.39. The molecule has 1 aliphatic carbocycles. The van der Waals surface area contributed by atoms with Crippen molar-refractivity contribution >= 4 is 0 Å². The van der Waals surface area contributed by atoms with Crippen LogP contribution in [0.3, 0.4) is 0 Å². The fourth-order valence-corrected chi connectivity index (χ4v) is 2.58. The predicted molar refractivity (Wildman–Crippen MR) is 58.0 cm³/mol. The van der Waals surface area contributed by atoms with Crippen molar-refractivity contribution in [1.82, 2.24) is 0 Å². The quantitative estimate of drug-likeness (QED) is 0.668. The van der Waals surface area contributed by atoms with Crippen LogP contribution in [0.1, 0.15) is 46.5 Å². The van der Waals surface area contributed by atoms with Crippen LogP contribution in [-0.4, -0.2) is 22.4 Å². The molecule has 0 aromatic carbocycles. The Kier molecular flexibility index (Phi) is 3.73. The minimum absolute atomic E-state index is 0.0694. The van der Waals surface area contributed by atoms with Gasteiger partial charge in [-0.15, -0.1) is 0 Å². The summed E-state index contributed by atoms with van der Waals surface area (Å²) in [6.07, 6.45) is 3.43. The predicted octanol–water partition coefficient (Wildman–Crippen LogP) is 2.26. The highest BCUT2D eigenvalue weighted by Crippen LogP contribution is 2.40.